The van der Waals surface area contributed by atoms with Crippen molar-refractivity contribution in [2.24, 2.45) is 5.73 Å². The van der Waals surface area contributed by atoms with E-state index in [9.17, 15) is 0 Å². The summed E-state index contributed by atoms with van der Waals surface area (Å²) in [5, 5.41) is 0. The van der Waals surface area contributed by atoms with Crippen LogP contribution in [0.1, 0.15) is 25.3 Å². The second kappa shape index (κ2) is 6.91. The lowest BCUT2D eigenvalue weighted by Gasteiger charge is -2.28. The molecule has 0 heterocycles. The molecule has 2 rings (SSSR count). The summed E-state index contributed by atoms with van der Waals surface area (Å²) in [5.74, 6) is 0.875. The predicted molar refractivity (Wildman–Crippen MR) is 86.9 cm³/mol. The highest BCUT2D eigenvalue weighted by Gasteiger charge is 2.24. The quantitative estimate of drug-likeness (QED) is 0.845. The second-order valence-electron chi connectivity index (χ2n) is 4.93. The van der Waals surface area contributed by atoms with Crippen molar-refractivity contribution >= 4 is 15.9 Å². The van der Waals surface area contributed by atoms with Gasteiger partial charge in [-0.1, -0.05) is 53.2 Å². The standard InChI is InChI=1S/C17H20BrNO/c1-2-17(19,14-6-4-3-5-7-14)12-13-20-16-10-8-15(18)9-11-16/h3-11H,2,12-13,19H2,1H3. The van der Waals surface area contributed by atoms with Gasteiger partial charge in [0.2, 0.25) is 0 Å². The van der Waals surface area contributed by atoms with Crippen molar-refractivity contribution in [3.05, 3.63) is 64.6 Å². The molecule has 3 heteroatoms. The zero-order chi connectivity index (χ0) is 14.4. The molecule has 0 saturated heterocycles. The molecule has 106 valence electrons. The Kier molecular flexibility index (Phi) is 5.21. The van der Waals surface area contributed by atoms with Crippen molar-refractivity contribution in [3.63, 3.8) is 0 Å². The van der Waals surface area contributed by atoms with Crippen molar-refractivity contribution in [2.75, 3.05) is 6.61 Å². The van der Waals surface area contributed by atoms with Crippen LogP contribution in [0.3, 0.4) is 0 Å². The van der Waals surface area contributed by atoms with Gasteiger partial charge in [-0.15, -0.1) is 0 Å². The molecule has 2 nitrogen and oxygen atoms in total. The molecular weight excluding hydrogens is 314 g/mol. The van der Waals surface area contributed by atoms with E-state index in [2.05, 4.69) is 35.0 Å². The Labute approximate surface area is 129 Å². The maximum Gasteiger partial charge on any atom is 0.119 e. The molecule has 0 aliphatic carbocycles. The number of hydrogen-bond acceptors (Lipinski definition) is 2. The smallest absolute Gasteiger partial charge is 0.119 e. The number of nitrogens with two attached hydrogens (primary N) is 1. The van der Waals surface area contributed by atoms with Gasteiger partial charge in [-0.2, -0.15) is 0 Å². The molecule has 0 bridgehead atoms. The monoisotopic (exact) mass is 333 g/mol. The molecule has 0 spiro atoms. The van der Waals surface area contributed by atoms with Crippen LogP contribution >= 0.6 is 15.9 Å². The van der Waals surface area contributed by atoms with Crippen LogP contribution in [-0.2, 0) is 5.54 Å². The predicted octanol–water partition coefficient (Wildman–Crippen LogP) is 4.48. The summed E-state index contributed by atoms with van der Waals surface area (Å²) in [6, 6.07) is 18.1. The number of halogens is 1. The van der Waals surface area contributed by atoms with E-state index in [4.69, 9.17) is 10.5 Å². The number of rotatable bonds is 6. The maximum absolute atomic E-state index is 6.52. The molecule has 0 amide bonds. The van der Waals surface area contributed by atoms with Gasteiger partial charge in [0.25, 0.3) is 0 Å². The first-order chi connectivity index (χ1) is 9.64. The van der Waals surface area contributed by atoms with Crippen LogP contribution in [0.2, 0.25) is 0 Å². The van der Waals surface area contributed by atoms with E-state index < -0.39 is 0 Å². The summed E-state index contributed by atoms with van der Waals surface area (Å²) in [5.41, 5.74) is 7.37. The zero-order valence-electron chi connectivity index (χ0n) is 11.7. The normalized spacial score (nSPS) is 13.8. The Bertz CT molecular complexity index is 526. The number of benzene rings is 2. The molecule has 2 aromatic carbocycles. The Hall–Kier alpha value is -1.32. The van der Waals surface area contributed by atoms with Gasteiger partial charge in [-0.05, 0) is 36.2 Å². The van der Waals surface area contributed by atoms with Crippen LogP contribution in [-0.4, -0.2) is 6.61 Å². The average Bonchev–Trinajstić information content (AvgIpc) is 2.50. The summed E-state index contributed by atoms with van der Waals surface area (Å²) >= 11 is 3.41. The topological polar surface area (TPSA) is 35.2 Å². The molecule has 0 aliphatic heterocycles. The molecule has 1 atom stereocenters. The maximum atomic E-state index is 6.52. The molecule has 0 fully saturated rings. The molecule has 0 aliphatic rings. The van der Waals surface area contributed by atoms with Gasteiger partial charge >= 0.3 is 0 Å². The zero-order valence-corrected chi connectivity index (χ0v) is 13.3. The Morgan fingerprint density at radius 2 is 1.70 bits per heavy atom. The first-order valence-electron chi connectivity index (χ1n) is 6.87. The van der Waals surface area contributed by atoms with E-state index in [0.29, 0.717) is 6.61 Å². The minimum absolute atomic E-state index is 0.323. The lowest BCUT2D eigenvalue weighted by molar-refractivity contribution is 0.253. The van der Waals surface area contributed by atoms with E-state index in [0.717, 1.165) is 23.1 Å². The average molecular weight is 334 g/mol. The fourth-order valence-electron chi connectivity index (χ4n) is 2.18. The van der Waals surface area contributed by atoms with Gasteiger partial charge in [0, 0.05) is 16.4 Å². The summed E-state index contributed by atoms with van der Waals surface area (Å²) in [6.45, 7) is 2.73. The van der Waals surface area contributed by atoms with Crippen molar-refractivity contribution in [3.8, 4) is 5.75 Å². The first-order valence-corrected chi connectivity index (χ1v) is 7.66. The summed E-state index contributed by atoms with van der Waals surface area (Å²) in [4.78, 5) is 0. The van der Waals surface area contributed by atoms with E-state index in [1.165, 1.54) is 5.56 Å². The molecule has 0 saturated carbocycles. The molecule has 0 radical (unpaired) electrons. The molecule has 1 unspecified atom stereocenters. The van der Waals surface area contributed by atoms with E-state index in [1.807, 2.05) is 42.5 Å². The molecule has 2 N–H and O–H groups in total. The van der Waals surface area contributed by atoms with Gasteiger partial charge in [0.1, 0.15) is 5.75 Å². The Morgan fingerprint density at radius 1 is 1.05 bits per heavy atom. The second-order valence-corrected chi connectivity index (χ2v) is 5.84. The lowest BCUT2D eigenvalue weighted by Crippen LogP contribution is -2.37. The van der Waals surface area contributed by atoms with Crippen molar-refractivity contribution in [1.82, 2.24) is 0 Å². The fourth-order valence-corrected chi connectivity index (χ4v) is 2.44. The van der Waals surface area contributed by atoms with Gasteiger partial charge in [-0.3, -0.25) is 0 Å². The van der Waals surface area contributed by atoms with E-state index in [1.54, 1.807) is 0 Å². The minimum Gasteiger partial charge on any atom is -0.494 e. The minimum atomic E-state index is -0.323. The largest absolute Gasteiger partial charge is 0.494 e. The van der Waals surface area contributed by atoms with Gasteiger partial charge in [0.15, 0.2) is 0 Å². The van der Waals surface area contributed by atoms with Crippen LogP contribution in [0, 0.1) is 0 Å². The SMILES string of the molecule is CCC(N)(CCOc1ccc(Br)cc1)c1ccccc1. The highest BCUT2D eigenvalue weighted by molar-refractivity contribution is 9.10. The summed E-state index contributed by atoms with van der Waals surface area (Å²) < 4.78 is 6.83. The van der Waals surface area contributed by atoms with Crippen molar-refractivity contribution in [1.29, 1.82) is 0 Å². The Balaban J connectivity index is 1.96. The van der Waals surface area contributed by atoms with Gasteiger partial charge in [-0.25, -0.2) is 0 Å². The number of ether oxygens (including phenoxy) is 1. The van der Waals surface area contributed by atoms with Crippen LogP contribution in [0.25, 0.3) is 0 Å². The molecular formula is C17H20BrNO. The molecule has 0 aromatic heterocycles. The van der Waals surface area contributed by atoms with Crippen LogP contribution in [0.15, 0.2) is 59.1 Å². The van der Waals surface area contributed by atoms with E-state index in [-0.39, 0.29) is 5.54 Å². The lowest BCUT2D eigenvalue weighted by atomic mass is 9.85. The third-order valence-electron chi connectivity index (χ3n) is 3.61. The molecule has 20 heavy (non-hydrogen) atoms. The first kappa shape index (κ1) is 15.1. The Morgan fingerprint density at radius 3 is 2.30 bits per heavy atom. The van der Waals surface area contributed by atoms with Crippen molar-refractivity contribution < 1.29 is 4.74 Å². The van der Waals surface area contributed by atoms with Crippen molar-refractivity contribution in [2.45, 2.75) is 25.3 Å². The molecule has 2 aromatic rings. The summed E-state index contributed by atoms with van der Waals surface area (Å²) in [6.07, 6.45) is 1.68. The third kappa shape index (κ3) is 3.84. The van der Waals surface area contributed by atoms with Crippen LogP contribution < -0.4 is 10.5 Å². The summed E-state index contributed by atoms with van der Waals surface area (Å²) in [7, 11) is 0. The number of hydrogen-bond donors (Lipinski definition) is 1. The van der Waals surface area contributed by atoms with Gasteiger partial charge in [0.05, 0.1) is 6.61 Å². The van der Waals surface area contributed by atoms with Crippen LogP contribution in [0.5, 0.6) is 5.75 Å². The third-order valence-corrected chi connectivity index (χ3v) is 4.14. The highest BCUT2D eigenvalue weighted by atomic mass is 79.9. The highest BCUT2D eigenvalue weighted by Crippen LogP contribution is 2.26. The van der Waals surface area contributed by atoms with Gasteiger partial charge < -0.3 is 10.5 Å². The van der Waals surface area contributed by atoms with E-state index >= 15 is 0 Å². The fraction of sp³-hybridized carbons (Fsp3) is 0.294. The van der Waals surface area contributed by atoms with Crippen LogP contribution in [0.4, 0.5) is 0 Å².